The van der Waals surface area contributed by atoms with Crippen LogP contribution in [-0.4, -0.2) is 23.4 Å². The van der Waals surface area contributed by atoms with Crippen molar-refractivity contribution in [3.63, 3.8) is 0 Å². The van der Waals surface area contributed by atoms with Gasteiger partial charge < -0.3 is 19.8 Å². The predicted octanol–water partition coefficient (Wildman–Crippen LogP) is -6.56. The molecule has 0 unspecified atom stereocenters. The van der Waals surface area contributed by atoms with E-state index in [1.807, 2.05) is 0 Å². The van der Waals surface area contributed by atoms with E-state index in [4.69, 9.17) is 0 Å². The van der Waals surface area contributed by atoms with Gasteiger partial charge in [0.2, 0.25) is 0 Å². The Kier molecular flexibility index (Phi) is 21.8. The molecule has 8 heteroatoms. The Hall–Kier alpha value is 0.835. The van der Waals surface area contributed by atoms with E-state index in [1.165, 1.54) is 0 Å². The molecule has 0 aromatic heterocycles. The van der Waals surface area contributed by atoms with Gasteiger partial charge in [-0.1, -0.05) is 21.6 Å². The van der Waals surface area contributed by atoms with Crippen molar-refractivity contribution >= 4 is 33.5 Å². The molecule has 0 aliphatic rings. The van der Waals surface area contributed by atoms with E-state index in [0.29, 0.717) is 12.8 Å². The first-order chi connectivity index (χ1) is 6.63. The van der Waals surface area contributed by atoms with Crippen molar-refractivity contribution in [3.05, 3.63) is 0 Å². The van der Waals surface area contributed by atoms with Crippen LogP contribution < -0.4 is 47.9 Å². The Labute approximate surface area is 127 Å². The predicted molar refractivity (Wildman–Crippen MR) is 53.4 cm³/mol. The van der Waals surface area contributed by atoms with Crippen molar-refractivity contribution in [2.75, 3.05) is 11.5 Å². The van der Waals surface area contributed by atoms with Crippen molar-refractivity contribution in [1.29, 1.82) is 0 Å². The van der Waals surface area contributed by atoms with Gasteiger partial charge in [0, 0.05) is 23.4 Å². The zero-order valence-corrected chi connectivity index (χ0v) is 11.3. The number of carbonyl (C=O) groups excluding carboxylic acids is 2. The summed E-state index contributed by atoms with van der Waals surface area (Å²) in [5, 5.41) is 20.0. The zero-order chi connectivity index (χ0) is 10.8. The third kappa shape index (κ3) is 20.3. The molecule has 0 saturated heterocycles. The summed E-state index contributed by atoms with van der Waals surface area (Å²) < 4.78 is 0. The Bertz CT molecular complexity index is 173. The maximum atomic E-state index is 10.0. The fraction of sp³-hybridized carbons (Fsp3) is 0.750. The number of carboxylic acids is 2. The largest absolute Gasteiger partial charge is 1.00 e. The third-order valence-corrected chi connectivity index (χ3v) is 3.88. The minimum atomic E-state index is -1.02. The van der Waals surface area contributed by atoms with Crippen LogP contribution in [-0.2, 0) is 9.59 Å². The number of aliphatic carboxylic acids is 2. The Morgan fingerprint density at radius 1 is 0.812 bits per heavy atom. The first kappa shape index (κ1) is 22.1. The van der Waals surface area contributed by atoms with Gasteiger partial charge in [-0.25, -0.2) is 0 Å². The van der Waals surface area contributed by atoms with E-state index in [-0.39, 0.29) is 50.6 Å². The molecule has 0 heterocycles. The maximum Gasteiger partial charge on any atom is 1.00 e. The molecule has 0 radical (unpaired) electrons. The van der Waals surface area contributed by atoms with Crippen LogP contribution in [0, 0.1) is 0 Å². The maximum absolute atomic E-state index is 10.0. The second kappa shape index (κ2) is 15.8. The topological polar surface area (TPSA) is 80.3 Å². The molecule has 0 saturated carbocycles. The van der Waals surface area contributed by atoms with E-state index in [0.717, 1.165) is 11.5 Å². The van der Waals surface area contributed by atoms with Gasteiger partial charge in [0.25, 0.3) is 0 Å². The van der Waals surface area contributed by atoms with Gasteiger partial charge in [0.1, 0.15) is 0 Å². The van der Waals surface area contributed by atoms with Crippen LogP contribution in [0.1, 0.15) is 25.7 Å². The molecule has 0 amide bonds. The summed E-state index contributed by atoms with van der Waals surface area (Å²) >= 11 is 0. The van der Waals surface area contributed by atoms with Gasteiger partial charge >= 0.3 is 37.7 Å². The fourth-order valence-electron chi connectivity index (χ4n) is 0.669. The molecule has 0 N–H and O–H groups in total. The molecule has 0 atom stereocenters. The standard InChI is InChI=1S/C8H14O4S2.2Li/c9-7(10)3-1-5-13-14-6-2-4-8(11)12;;/h1-6H2,(H,9,10)(H,11,12);;/q;2*+1/p-2. The van der Waals surface area contributed by atoms with Crippen molar-refractivity contribution < 1.29 is 57.5 Å². The monoisotopic (exact) mass is 250 g/mol. The molecule has 0 aromatic rings. The summed E-state index contributed by atoms with van der Waals surface area (Å²) in [7, 11) is 3.12. The van der Waals surface area contributed by atoms with Crippen molar-refractivity contribution in [2.45, 2.75) is 25.7 Å². The molecule has 0 spiro atoms. The summed E-state index contributed by atoms with van der Waals surface area (Å²) in [5.74, 6) is -0.534. The Morgan fingerprint density at radius 2 is 1.12 bits per heavy atom. The summed E-state index contributed by atoms with van der Waals surface area (Å²) in [6.07, 6.45) is 1.38. The average molecular weight is 250 g/mol. The molecule has 0 aromatic carbocycles. The minimum Gasteiger partial charge on any atom is -0.550 e. The van der Waals surface area contributed by atoms with Crippen molar-refractivity contribution in [3.8, 4) is 0 Å². The second-order valence-corrected chi connectivity index (χ2v) is 5.30. The van der Waals surface area contributed by atoms with Gasteiger partial charge in [-0.05, 0) is 25.7 Å². The molecule has 82 valence electrons. The number of hydrogen-bond donors (Lipinski definition) is 0. The van der Waals surface area contributed by atoms with E-state index in [1.54, 1.807) is 21.6 Å². The van der Waals surface area contributed by atoms with E-state index < -0.39 is 11.9 Å². The van der Waals surface area contributed by atoms with E-state index >= 15 is 0 Å². The molecule has 0 fully saturated rings. The molecule has 0 aliphatic heterocycles. The minimum absolute atomic E-state index is 0. The normalized spacial score (nSPS) is 8.75. The summed E-state index contributed by atoms with van der Waals surface area (Å²) in [6.45, 7) is 0. The van der Waals surface area contributed by atoms with Gasteiger partial charge in [-0.3, -0.25) is 0 Å². The quantitative estimate of drug-likeness (QED) is 0.230. The van der Waals surface area contributed by atoms with Crippen LogP contribution in [0.25, 0.3) is 0 Å². The molecular weight excluding hydrogens is 238 g/mol. The van der Waals surface area contributed by atoms with Gasteiger partial charge in [0.05, 0.1) is 0 Å². The second-order valence-electron chi connectivity index (χ2n) is 2.60. The van der Waals surface area contributed by atoms with E-state index in [2.05, 4.69) is 0 Å². The van der Waals surface area contributed by atoms with Crippen LogP contribution in [0.2, 0.25) is 0 Å². The zero-order valence-electron chi connectivity index (χ0n) is 9.69. The number of carboxylic acid groups (broad SMARTS) is 2. The molecular formula is C8H12Li2O4S2. The molecule has 0 bridgehead atoms. The molecule has 16 heavy (non-hydrogen) atoms. The van der Waals surface area contributed by atoms with E-state index in [9.17, 15) is 19.8 Å². The SMILES string of the molecule is O=C([O-])CCCSSCCCC(=O)[O-].[Li+].[Li+]. The van der Waals surface area contributed by atoms with Crippen molar-refractivity contribution in [1.82, 2.24) is 0 Å². The van der Waals surface area contributed by atoms with Gasteiger partial charge in [0.15, 0.2) is 0 Å². The smallest absolute Gasteiger partial charge is 0.550 e. The van der Waals surface area contributed by atoms with Crippen LogP contribution >= 0.6 is 21.6 Å². The van der Waals surface area contributed by atoms with Crippen molar-refractivity contribution in [2.24, 2.45) is 0 Å². The molecule has 0 aliphatic carbocycles. The Morgan fingerprint density at radius 3 is 1.38 bits per heavy atom. The van der Waals surface area contributed by atoms with Crippen LogP contribution in [0.5, 0.6) is 0 Å². The first-order valence-corrected chi connectivity index (χ1v) is 6.76. The number of carbonyl (C=O) groups is 2. The summed E-state index contributed by atoms with van der Waals surface area (Å²) in [6, 6.07) is 0. The molecule has 0 rings (SSSR count). The summed E-state index contributed by atoms with van der Waals surface area (Å²) in [4.78, 5) is 20.0. The van der Waals surface area contributed by atoms with Crippen LogP contribution in [0.3, 0.4) is 0 Å². The van der Waals surface area contributed by atoms with Gasteiger partial charge in [-0.2, -0.15) is 0 Å². The number of hydrogen-bond acceptors (Lipinski definition) is 6. The van der Waals surface area contributed by atoms with Gasteiger partial charge in [-0.15, -0.1) is 0 Å². The number of rotatable bonds is 9. The summed E-state index contributed by atoms with van der Waals surface area (Å²) in [5.41, 5.74) is 0. The first-order valence-electron chi connectivity index (χ1n) is 4.27. The molecule has 4 nitrogen and oxygen atoms in total. The Balaban J connectivity index is -0.000000845. The fourth-order valence-corrected chi connectivity index (χ4v) is 2.84. The average Bonchev–Trinajstić information content (AvgIpc) is 2.08. The van der Waals surface area contributed by atoms with Crippen LogP contribution in [0.4, 0.5) is 0 Å². The third-order valence-electron chi connectivity index (χ3n) is 1.30. The van der Waals surface area contributed by atoms with Crippen LogP contribution in [0.15, 0.2) is 0 Å².